The smallest absolute Gasteiger partial charge is 0.172 e. The maximum Gasteiger partial charge on any atom is 0.172 e. The maximum absolute atomic E-state index is 5.86. The number of nitrogens with two attached hydrogens (primary N) is 1. The molecule has 0 saturated heterocycles. The minimum atomic E-state index is 0.417. The van der Waals surface area contributed by atoms with Gasteiger partial charge in [0.1, 0.15) is 0 Å². The van der Waals surface area contributed by atoms with E-state index in [2.05, 4.69) is 20.7 Å². The fraction of sp³-hybridized carbons (Fsp3) is 0.111. The molecule has 0 radical (unpaired) electrons. The molecule has 5 nitrogen and oxygen atoms in total. The van der Waals surface area contributed by atoms with Crippen molar-refractivity contribution in [1.29, 1.82) is 0 Å². The minimum Gasteiger partial charge on any atom is -0.337 e. The van der Waals surface area contributed by atoms with Crippen LogP contribution in [0.25, 0.3) is 0 Å². The number of hydrogen-bond acceptors (Lipinski definition) is 4. The highest BCUT2D eigenvalue weighted by Gasteiger charge is 2.03. The predicted molar refractivity (Wildman–Crippen MR) is 59.0 cm³/mol. The Kier molecular flexibility index (Phi) is 2.84. The van der Waals surface area contributed by atoms with Crippen LogP contribution in [0, 0.1) is 0 Å². The molecule has 2 aromatic rings. The lowest BCUT2D eigenvalue weighted by Gasteiger charge is -2.08. The molecule has 0 unspecified atom stereocenters. The summed E-state index contributed by atoms with van der Waals surface area (Å²) in [7, 11) is 0. The lowest BCUT2D eigenvalue weighted by Crippen LogP contribution is -2.02. The number of rotatable bonds is 3. The van der Waals surface area contributed by atoms with Gasteiger partial charge in [-0.25, -0.2) is 0 Å². The van der Waals surface area contributed by atoms with Crippen molar-refractivity contribution in [3.8, 4) is 0 Å². The Morgan fingerprint density at radius 2 is 2.33 bits per heavy atom. The van der Waals surface area contributed by atoms with Crippen molar-refractivity contribution < 1.29 is 0 Å². The van der Waals surface area contributed by atoms with Gasteiger partial charge in [-0.3, -0.25) is 0 Å². The van der Waals surface area contributed by atoms with Gasteiger partial charge in [-0.15, -0.1) is 5.10 Å². The summed E-state index contributed by atoms with van der Waals surface area (Å²) in [5.74, 6) is 0.645. The Balaban J connectivity index is 2.28. The third kappa shape index (κ3) is 2.26. The summed E-state index contributed by atoms with van der Waals surface area (Å²) in [6, 6.07) is 5.48. The lowest BCUT2D eigenvalue weighted by molar-refractivity contribution is 0.941. The van der Waals surface area contributed by atoms with Gasteiger partial charge in [0.15, 0.2) is 5.82 Å². The molecule has 0 atom stereocenters. The summed E-state index contributed by atoms with van der Waals surface area (Å²) in [6.07, 6.45) is 1.59. The number of H-pyrrole nitrogens is 1. The first-order valence-corrected chi connectivity index (χ1v) is 4.78. The van der Waals surface area contributed by atoms with E-state index < -0.39 is 0 Å². The van der Waals surface area contributed by atoms with Gasteiger partial charge in [0.2, 0.25) is 0 Å². The number of aromatic amines is 1. The van der Waals surface area contributed by atoms with Crippen molar-refractivity contribution in [2.45, 2.75) is 6.54 Å². The molecule has 1 aromatic carbocycles. The van der Waals surface area contributed by atoms with Gasteiger partial charge in [-0.1, -0.05) is 11.6 Å². The van der Waals surface area contributed by atoms with E-state index in [0.717, 1.165) is 11.3 Å². The van der Waals surface area contributed by atoms with Gasteiger partial charge in [-0.05, 0) is 23.8 Å². The van der Waals surface area contributed by atoms with E-state index in [1.807, 2.05) is 12.1 Å². The molecule has 0 aliphatic heterocycles. The quantitative estimate of drug-likeness (QED) is 0.740. The van der Waals surface area contributed by atoms with E-state index in [9.17, 15) is 0 Å². The third-order valence-corrected chi connectivity index (χ3v) is 2.20. The highest BCUT2D eigenvalue weighted by molar-refractivity contribution is 6.30. The fourth-order valence-corrected chi connectivity index (χ4v) is 1.45. The minimum absolute atomic E-state index is 0.417. The molecule has 4 N–H and O–H groups in total. The van der Waals surface area contributed by atoms with Crippen LogP contribution in [-0.2, 0) is 6.54 Å². The average molecular weight is 224 g/mol. The zero-order chi connectivity index (χ0) is 10.7. The molecule has 1 aromatic heterocycles. The second kappa shape index (κ2) is 4.29. The van der Waals surface area contributed by atoms with Crippen molar-refractivity contribution in [3.63, 3.8) is 0 Å². The second-order valence-corrected chi connectivity index (χ2v) is 3.42. The third-order valence-electron chi connectivity index (χ3n) is 1.96. The molecule has 6 heteroatoms. The molecule has 0 spiro atoms. The van der Waals surface area contributed by atoms with Gasteiger partial charge in [0.25, 0.3) is 0 Å². The van der Waals surface area contributed by atoms with E-state index in [0.29, 0.717) is 17.4 Å². The molecular formula is C9H10ClN5. The first-order chi connectivity index (χ1) is 7.29. The average Bonchev–Trinajstić information content (AvgIpc) is 2.73. The van der Waals surface area contributed by atoms with Crippen molar-refractivity contribution in [2.24, 2.45) is 5.73 Å². The Labute approximate surface area is 91.6 Å². The first kappa shape index (κ1) is 9.95. The zero-order valence-electron chi connectivity index (χ0n) is 7.87. The molecule has 1 heterocycles. The van der Waals surface area contributed by atoms with Gasteiger partial charge in [-0.2, -0.15) is 10.3 Å². The van der Waals surface area contributed by atoms with E-state index in [4.69, 9.17) is 17.3 Å². The molecule has 0 saturated carbocycles. The monoisotopic (exact) mass is 223 g/mol. The zero-order valence-corrected chi connectivity index (χ0v) is 8.62. The normalized spacial score (nSPS) is 10.3. The fourth-order valence-electron chi connectivity index (χ4n) is 1.25. The molecule has 0 bridgehead atoms. The van der Waals surface area contributed by atoms with Crippen LogP contribution in [0.4, 0.5) is 11.5 Å². The number of benzene rings is 1. The Morgan fingerprint density at radius 1 is 1.47 bits per heavy atom. The van der Waals surface area contributed by atoms with Gasteiger partial charge in [0, 0.05) is 17.3 Å². The first-order valence-electron chi connectivity index (χ1n) is 4.41. The summed E-state index contributed by atoms with van der Waals surface area (Å²) >= 11 is 5.86. The van der Waals surface area contributed by atoms with Crippen LogP contribution in [0.2, 0.25) is 5.02 Å². The lowest BCUT2D eigenvalue weighted by atomic mass is 10.2. The van der Waals surface area contributed by atoms with E-state index in [1.54, 1.807) is 12.3 Å². The Morgan fingerprint density at radius 3 is 3.00 bits per heavy atom. The van der Waals surface area contributed by atoms with Crippen LogP contribution in [0.15, 0.2) is 24.4 Å². The topological polar surface area (TPSA) is 79.6 Å². The number of nitrogens with one attached hydrogen (secondary N) is 2. The highest BCUT2D eigenvalue weighted by Crippen LogP contribution is 2.22. The van der Waals surface area contributed by atoms with Crippen LogP contribution >= 0.6 is 11.6 Å². The SMILES string of the molecule is NCc1cc(Cl)ccc1Nc1cn[nH]n1. The molecule has 0 fully saturated rings. The maximum atomic E-state index is 5.86. The Hall–Kier alpha value is -1.59. The van der Waals surface area contributed by atoms with Crippen LogP contribution in [0.3, 0.4) is 0 Å². The highest BCUT2D eigenvalue weighted by atomic mass is 35.5. The van der Waals surface area contributed by atoms with Crippen LogP contribution in [0.5, 0.6) is 0 Å². The summed E-state index contributed by atoms with van der Waals surface area (Å²) in [6.45, 7) is 0.417. The number of hydrogen-bond donors (Lipinski definition) is 3. The van der Waals surface area contributed by atoms with Gasteiger partial charge < -0.3 is 11.1 Å². The summed E-state index contributed by atoms with van der Waals surface area (Å²) in [4.78, 5) is 0. The van der Waals surface area contributed by atoms with E-state index in [-0.39, 0.29) is 0 Å². The van der Waals surface area contributed by atoms with Crippen molar-refractivity contribution in [3.05, 3.63) is 35.0 Å². The molecule has 0 aliphatic carbocycles. The summed E-state index contributed by atoms with van der Waals surface area (Å²) in [5.41, 5.74) is 7.43. The van der Waals surface area contributed by atoms with E-state index >= 15 is 0 Å². The molecule has 0 amide bonds. The number of nitrogens with zero attached hydrogens (tertiary/aromatic N) is 2. The standard InChI is InChI=1S/C9H10ClN5/c10-7-1-2-8(6(3-7)4-11)13-9-5-12-15-14-9/h1-3,5H,4,11H2,(H2,12,13,14,15). The van der Waals surface area contributed by atoms with Crippen LogP contribution in [0.1, 0.15) is 5.56 Å². The summed E-state index contributed by atoms with van der Waals surface area (Å²) in [5, 5.41) is 13.9. The van der Waals surface area contributed by atoms with Crippen molar-refractivity contribution in [1.82, 2.24) is 15.4 Å². The van der Waals surface area contributed by atoms with Crippen LogP contribution < -0.4 is 11.1 Å². The molecular weight excluding hydrogens is 214 g/mol. The molecule has 0 aliphatic rings. The van der Waals surface area contributed by atoms with E-state index in [1.165, 1.54) is 0 Å². The molecule has 15 heavy (non-hydrogen) atoms. The Bertz CT molecular complexity index is 440. The number of aromatic nitrogens is 3. The van der Waals surface area contributed by atoms with Crippen molar-refractivity contribution in [2.75, 3.05) is 5.32 Å². The summed E-state index contributed by atoms with van der Waals surface area (Å²) < 4.78 is 0. The number of halogens is 1. The molecule has 78 valence electrons. The molecule has 2 rings (SSSR count). The van der Waals surface area contributed by atoms with Gasteiger partial charge >= 0.3 is 0 Å². The predicted octanol–water partition coefficient (Wildman–Crippen LogP) is 1.66. The second-order valence-electron chi connectivity index (χ2n) is 2.99. The van der Waals surface area contributed by atoms with Crippen LogP contribution in [-0.4, -0.2) is 15.4 Å². The number of anilines is 2. The van der Waals surface area contributed by atoms with Gasteiger partial charge in [0.05, 0.1) is 6.20 Å². The largest absolute Gasteiger partial charge is 0.337 e. The van der Waals surface area contributed by atoms with Crippen molar-refractivity contribution >= 4 is 23.1 Å².